The largest absolute Gasteiger partial charge is 0.485 e. The smallest absolute Gasteiger partial charge is 0.252 e. The Morgan fingerprint density at radius 3 is 2.89 bits per heavy atom. The maximum absolute atomic E-state index is 11.8. The van der Waals surface area contributed by atoms with Crippen LogP contribution >= 0.6 is 0 Å². The van der Waals surface area contributed by atoms with Gasteiger partial charge in [-0.1, -0.05) is 18.2 Å². The molecule has 0 aliphatic carbocycles. The minimum Gasteiger partial charge on any atom is -0.485 e. The molecule has 28 heavy (non-hydrogen) atoms. The van der Waals surface area contributed by atoms with Crippen molar-refractivity contribution in [3.05, 3.63) is 64.9 Å². The van der Waals surface area contributed by atoms with E-state index < -0.39 is 0 Å². The average molecular weight is 378 g/mol. The second-order valence-corrected chi connectivity index (χ2v) is 7.23. The first-order chi connectivity index (χ1) is 13.8. The summed E-state index contributed by atoms with van der Waals surface area (Å²) in [5.41, 5.74) is 3.72. The van der Waals surface area contributed by atoms with Gasteiger partial charge in [0, 0.05) is 42.7 Å². The zero-order valence-corrected chi connectivity index (χ0v) is 15.6. The van der Waals surface area contributed by atoms with Gasteiger partial charge in [0.05, 0.1) is 13.2 Å². The first-order valence-electron chi connectivity index (χ1n) is 9.60. The van der Waals surface area contributed by atoms with E-state index in [0.717, 1.165) is 60.9 Å². The van der Waals surface area contributed by atoms with Crippen LogP contribution in [0.15, 0.2) is 46.9 Å². The van der Waals surface area contributed by atoms with Crippen LogP contribution in [0.1, 0.15) is 27.2 Å². The van der Waals surface area contributed by atoms with E-state index in [1.807, 2.05) is 24.3 Å². The summed E-state index contributed by atoms with van der Waals surface area (Å²) in [6.07, 6.45) is 0. The number of morpholine rings is 1. The topological polar surface area (TPSA) is 63.9 Å². The molecule has 6 nitrogen and oxygen atoms in total. The lowest BCUT2D eigenvalue weighted by Crippen LogP contribution is -2.35. The predicted molar refractivity (Wildman–Crippen MR) is 104 cm³/mol. The molecule has 144 valence electrons. The van der Waals surface area contributed by atoms with Crippen molar-refractivity contribution in [1.82, 2.24) is 10.2 Å². The van der Waals surface area contributed by atoms with Crippen LogP contribution in [0.5, 0.6) is 5.75 Å². The maximum atomic E-state index is 11.8. The van der Waals surface area contributed by atoms with E-state index in [4.69, 9.17) is 13.9 Å². The van der Waals surface area contributed by atoms with Gasteiger partial charge in [-0.15, -0.1) is 0 Å². The van der Waals surface area contributed by atoms with Gasteiger partial charge in [0.15, 0.2) is 0 Å². The molecule has 1 N–H and O–H groups in total. The highest BCUT2D eigenvalue weighted by atomic mass is 16.5. The van der Waals surface area contributed by atoms with Crippen LogP contribution in [-0.4, -0.2) is 37.1 Å². The van der Waals surface area contributed by atoms with Crippen LogP contribution in [0.25, 0.3) is 11.0 Å². The van der Waals surface area contributed by atoms with Crippen LogP contribution in [0.3, 0.4) is 0 Å². The number of nitrogens with one attached hydrogen (secondary N) is 1. The Balaban J connectivity index is 1.30. The van der Waals surface area contributed by atoms with Crippen molar-refractivity contribution in [2.75, 3.05) is 26.3 Å². The summed E-state index contributed by atoms with van der Waals surface area (Å²) in [5, 5.41) is 3.90. The number of benzene rings is 2. The van der Waals surface area contributed by atoms with Crippen molar-refractivity contribution in [3.8, 4) is 5.75 Å². The second kappa shape index (κ2) is 7.30. The van der Waals surface area contributed by atoms with E-state index in [1.165, 1.54) is 5.56 Å². The number of nitrogens with zero attached hydrogens (tertiary/aromatic N) is 1. The molecule has 6 heteroatoms. The first kappa shape index (κ1) is 17.3. The Labute approximate surface area is 163 Å². The van der Waals surface area contributed by atoms with Gasteiger partial charge in [-0.3, -0.25) is 9.69 Å². The fraction of sp³-hybridized carbons (Fsp3) is 0.318. The summed E-state index contributed by atoms with van der Waals surface area (Å²) < 4.78 is 17.4. The molecule has 0 atom stereocenters. The van der Waals surface area contributed by atoms with E-state index >= 15 is 0 Å². The lowest BCUT2D eigenvalue weighted by atomic mass is 10.1. The first-order valence-corrected chi connectivity index (χ1v) is 9.60. The van der Waals surface area contributed by atoms with Gasteiger partial charge in [-0.25, -0.2) is 0 Å². The van der Waals surface area contributed by atoms with Crippen molar-refractivity contribution in [1.29, 1.82) is 0 Å². The van der Waals surface area contributed by atoms with Gasteiger partial charge in [0.25, 0.3) is 5.91 Å². The fourth-order valence-electron chi connectivity index (χ4n) is 3.83. The monoisotopic (exact) mass is 378 g/mol. The zero-order valence-electron chi connectivity index (χ0n) is 15.6. The van der Waals surface area contributed by atoms with Crippen LogP contribution in [0.2, 0.25) is 0 Å². The summed E-state index contributed by atoms with van der Waals surface area (Å²) in [4.78, 5) is 14.2. The van der Waals surface area contributed by atoms with Crippen LogP contribution in [0.4, 0.5) is 0 Å². The average Bonchev–Trinajstić information content (AvgIpc) is 3.30. The lowest BCUT2D eigenvalue weighted by Gasteiger charge is -2.26. The third-order valence-electron chi connectivity index (χ3n) is 5.32. The predicted octanol–water partition coefficient (Wildman–Crippen LogP) is 3.09. The highest BCUT2D eigenvalue weighted by Crippen LogP contribution is 2.28. The molecule has 3 aromatic rings. The van der Waals surface area contributed by atoms with Crippen molar-refractivity contribution < 1.29 is 18.7 Å². The van der Waals surface area contributed by atoms with Gasteiger partial charge in [0.1, 0.15) is 23.7 Å². The minimum atomic E-state index is -0.0445. The minimum absolute atomic E-state index is 0.0445. The normalized spacial score (nSPS) is 16.9. The standard InChI is InChI=1S/C22H22N2O4/c25-22-18-2-1-3-20(19(18)12-23-22)27-14-17-11-16-5-4-15(10-21(16)28-17)13-24-6-8-26-9-7-24/h1-5,10-11H,6-9,12-14H2,(H,23,25). The van der Waals surface area contributed by atoms with E-state index in [0.29, 0.717) is 18.7 Å². The molecule has 0 saturated carbocycles. The molecule has 0 unspecified atom stereocenters. The van der Waals surface area contributed by atoms with Gasteiger partial charge in [-0.2, -0.15) is 0 Å². The lowest BCUT2D eigenvalue weighted by molar-refractivity contribution is 0.0342. The number of carbonyl (C=O) groups is 1. The number of ether oxygens (including phenoxy) is 2. The van der Waals surface area contributed by atoms with E-state index in [2.05, 4.69) is 28.4 Å². The van der Waals surface area contributed by atoms with Crippen molar-refractivity contribution >= 4 is 16.9 Å². The Hall–Kier alpha value is -2.83. The Morgan fingerprint density at radius 2 is 2.00 bits per heavy atom. The highest BCUT2D eigenvalue weighted by Gasteiger charge is 2.22. The quantitative estimate of drug-likeness (QED) is 0.739. The number of amides is 1. The van der Waals surface area contributed by atoms with E-state index in [9.17, 15) is 4.79 Å². The molecule has 5 rings (SSSR count). The third kappa shape index (κ3) is 3.37. The summed E-state index contributed by atoms with van der Waals surface area (Å²) >= 11 is 0. The Bertz CT molecular complexity index is 1020. The van der Waals surface area contributed by atoms with Crippen LogP contribution in [0, 0.1) is 0 Å². The zero-order chi connectivity index (χ0) is 18.9. The molecule has 0 radical (unpaired) electrons. The van der Waals surface area contributed by atoms with Crippen LogP contribution < -0.4 is 10.1 Å². The summed E-state index contributed by atoms with van der Waals surface area (Å²) in [5.74, 6) is 1.45. The Morgan fingerprint density at radius 1 is 1.11 bits per heavy atom. The molecule has 2 aromatic carbocycles. The molecule has 1 saturated heterocycles. The number of hydrogen-bond acceptors (Lipinski definition) is 5. The molecule has 0 spiro atoms. The number of furan rings is 1. The van der Waals surface area contributed by atoms with Gasteiger partial charge in [0.2, 0.25) is 0 Å². The second-order valence-electron chi connectivity index (χ2n) is 7.23. The van der Waals surface area contributed by atoms with Gasteiger partial charge >= 0.3 is 0 Å². The van der Waals surface area contributed by atoms with Crippen molar-refractivity contribution in [2.24, 2.45) is 0 Å². The summed E-state index contributed by atoms with van der Waals surface area (Å²) in [6.45, 7) is 5.28. The van der Waals surface area contributed by atoms with Crippen molar-refractivity contribution in [3.63, 3.8) is 0 Å². The van der Waals surface area contributed by atoms with E-state index in [-0.39, 0.29) is 5.91 Å². The number of rotatable bonds is 5. The molecule has 1 fully saturated rings. The van der Waals surface area contributed by atoms with E-state index in [1.54, 1.807) is 0 Å². The molecular weight excluding hydrogens is 356 g/mol. The fourth-order valence-corrected chi connectivity index (χ4v) is 3.83. The SMILES string of the molecule is O=C1NCc2c(OCc3cc4ccc(CN5CCOCC5)cc4o3)cccc21. The number of hydrogen-bond donors (Lipinski definition) is 1. The van der Waals surface area contributed by atoms with Gasteiger partial charge in [-0.05, 0) is 29.8 Å². The molecule has 1 aromatic heterocycles. The summed E-state index contributed by atoms with van der Waals surface area (Å²) in [6, 6.07) is 13.9. The molecule has 0 bridgehead atoms. The molecule has 3 heterocycles. The van der Waals surface area contributed by atoms with Crippen molar-refractivity contribution in [2.45, 2.75) is 19.7 Å². The molecular formula is C22H22N2O4. The third-order valence-corrected chi connectivity index (χ3v) is 5.32. The van der Waals surface area contributed by atoms with Crippen LogP contribution in [-0.2, 0) is 24.4 Å². The molecule has 2 aliphatic heterocycles. The number of carbonyl (C=O) groups excluding carboxylic acids is 1. The summed E-state index contributed by atoms with van der Waals surface area (Å²) in [7, 11) is 0. The number of fused-ring (bicyclic) bond motifs is 2. The molecule has 2 aliphatic rings. The Kier molecular flexibility index (Phi) is 4.50. The van der Waals surface area contributed by atoms with Gasteiger partial charge < -0.3 is 19.2 Å². The highest BCUT2D eigenvalue weighted by molar-refractivity contribution is 5.99. The maximum Gasteiger partial charge on any atom is 0.252 e. The molecule has 1 amide bonds.